The SMILES string of the molecule is CC(CC(N)=S)N(C)CCc1ccccn1. The Bertz CT molecular complexity index is 326. The first kappa shape index (κ1) is 13.1. The molecule has 3 nitrogen and oxygen atoms in total. The summed E-state index contributed by atoms with van der Waals surface area (Å²) < 4.78 is 0. The van der Waals surface area contributed by atoms with Gasteiger partial charge in [0.05, 0.1) is 4.99 Å². The highest BCUT2D eigenvalue weighted by atomic mass is 32.1. The molecular weight excluding hydrogens is 218 g/mol. The lowest BCUT2D eigenvalue weighted by atomic mass is 10.2. The Labute approximate surface area is 103 Å². The Hall–Kier alpha value is -1.00. The van der Waals surface area contributed by atoms with Gasteiger partial charge >= 0.3 is 0 Å². The monoisotopic (exact) mass is 237 g/mol. The zero-order chi connectivity index (χ0) is 12.0. The maximum Gasteiger partial charge on any atom is 0.0742 e. The fraction of sp³-hybridized carbons (Fsp3) is 0.500. The van der Waals surface area contributed by atoms with Gasteiger partial charge in [-0.3, -0.25) is 4.98 Å². The van der Waals surface area contributed by atoms with Gasteiger partial charge in [0, 0.05) is 37.3 Å². The molecule has 0 aliphatic carbocycles. The number of thiocarbonyl (C=S) groups is 1. The van der Waals surface area contributed by atoms with Crippen LogP contribution in [0.25, 0.3) is 0 Å². The lowest BCUT2D eigenvalue weighted by Gasteiger charge is -2.23. The van der Waals surface area contributed by atoms with E-state index in [1.165, 1.54) is 0 Å². The molecule has 4 heteroatoms. The number of rotatable bonds is 6. The summed E-state index contributed by atoms with van der Waals surface area (Å²) in [5.74, 6) is 0. The van der Waals surface area contributed by atoms with E-state index < -0.39 is 0 Å². The Balaban J connectivity index is 2.35. The molecule has 1 aromatic rings. The number of likely N-dealkylation sites (N-methyl/N-ethyl adjacent to an activating group) is 1. The van der Waals surface area contributed by atoms with E-state index in [9.17, 15) is 0 Å². The largest absolute Gasteiger partial charge is 0.393 e. The van der Waals surface area contributed by atoms with E-state index in [-0.39, 0.29) is 0 Å². The average molecular weight is 237 g/mol. The van der Waals surface area contributed by atoms with Crippen LogP contribution in [0.2, 0.25) is 0 Å². The van der Waals surface area contributed by atoms with Crippen LogP contribution in [-0.4, -0.2) is 34.5 Å². The van der Waals surface area contributed by atoms with E-state index in [0.717, 1.165) is 25.1 Å². The average Bonchev–Trinajstić information content (AvgIpc) is 2.26. The number of hydrogen-bond donors (Lipinski definition) is 1. The molecule has 0 aromatic carbocycles. The zero-order valence-electron chi connectivity index (χ0n) is 9.89. The van der Waals surface area contributed by atoms with Gasteiger partial charge in [-0.25, -0.2) is 0 Å². The Morgan fingerprint density at radius 3 is 2.88 bits per heavy atom. The minimum atomic E-state index is 0.390. The highest BCUT2D eigenvalue weighted by Gasteiger charge is 2.09. The molecule has 0 amide bonds. The predicted octanol–water partition coefficient (Wildman–Crippen LogP) is 1.62. The van der Waals surface area contributed by atoms with E-state index in [4.69, 9.17) is 18.0 Å². The first-order chi connectivity index (χ1) is 7.59. The van der Waals surface area contributed by atoms with Gasteiger partial charge < -0.3 is 10.6 Å². The Morgan fingerprint density at radius 1 is 1.56 bits per heavy atom. The molecule has 0 radical (unpaired) electrons. The van der Waals surface area contributed by atoms with Crippen molar-refractivity contribution in [2.45, 2.75) is 25.8 Å². The maximum absolute atomic E-state index is 5.53. The minimum Gasteiger partial charge on any atom is -0.393 e. The molecule has 1 atom stereocenters. The van der Waals surface area contributed by atoms with Crippen molar-refractivity contribution in [2.75, 3.05) is 13.6 Å². The first-order valence-corrected chi connectivity index (χ1v) is 5.89. The number of pyridine rings is 1. The quantitative estimate of drug-likeness (QED) is 0.764. The van der Waals surface area contributed by atoms with E-state index in [0.29, 0.717) is 11.0 Å². The summed E-state index contributed by atoms with van der Waals surface area (Å²) in [6, 6.07) is 6.39. The lowest BCUT2D eigenvalue weighted by Crippen LogP contribution is -2.34. The normalized spacial score (nSPS) is 12.7. The topological polar surface area (TPSA) is 42.1 Å². The number of nitrogens with zero attached hydrogens (tertiary/aromatic N) is 2. The van der Waals surface area contributed by atoms with Crippen molar-refractivity contribution in [3.63, 3.8) is 0 Å². The van der Waals surface area contributed by atoms with Crippen molar-refractivity contribution >= 4 is 17.2 Å². The van der Waals surface area contributed by atoms with Gasteiger partial charge in [0.1, 0.15) is 0 Å². The van der Waals surface area contributed by atoms with Crippen LogP contribution in [0.4, 0.5) is 0 Å². The fourth-order valence-corrected chi connectivity index (χ4v) is 1.75. The van der Waals surface area contributed by atoms with Crippen molar-refractivity contribution < 1.29 is 0 Å². The first-order valence-electron chi connectivity index (χ1n) is 5.48. The summed E-state index contributed by atoms with van der Waals surface area (Å²) in [7, 11) is 2.09. The molecule has 1 rings (SSSR count). The summed E-state index contributed by atoms with van der Waals surface area (Å²) in [4.78, 5) is 7.13. The van der Waals surface area contributed by atoms with Gasteiger partial charge in [-0.1, -0.05) is 18.3 Å². The molecule has 0 fully saturated rings. The molecule has 1 heterocycles. The molecule has 0 aliphatic rings. The summed E-state index contributed by atoms with van der Waals surface area (Å²) in [5.41, 5.74) is 6.65. The molecule has 2 N–H and O–H groups in total. The van der Waals surface area contributed by atoms with Crippen LogP contribution in [0, 0.1) is 0 Å². The molecule has 0 aliphatic heterocycles. The number of nitrogens with two attached hydrogens (primary N) is 1. The summed E-state index contributed by atoms with van der Waals surface area (Å²) in [5, 5.41) is 0. The van der Waals surface area contributed by atoms with E-state index in [1.54, 1.807) is 0 Å². The smallest absolute Gasteiger partial charge is 0.0742 e. The van der Waals surface area contributed by atoms with E-state index in [1.807, 2.05) is 24.4 Å². The highest BCUT2D eigenvalue weighted by Crippen LogP contribution is 2.03. The second-order valence-electron chi connectivity index (χ2n) is 4.07. The second-order valence-corrected chi connectivity index (χ2v) is 4.60. The van der Waals surface area contributed by atoms with Gasteiger partial charge in [0.25, 0.3) is 0 Å². The lowest BCUT2D eigenvalue weighted by molar-refractivity contribution is 0.266. The highest BCUT2D eigenvalue weighted by molar-refractivity contribution is 7.80. The fourth-order valence-electron chi connectivity index (χ4n) is 1.50. The molecular formula is C12H19N3S. The van der Waals surface area contributed by atoms with Crippen molar-refractivity contribution in [2.24, 2.45) is 5.73 Å². The standard InChI is InChI=1S/C12H19N3S/c1-10(9-12(13)16)15(2)8-6-11-5-3-4-7-14-11/h3-5,7,10H,6,8-9H2,1-2H3,(H2,13,16). The van der Waals surface area contributed by atoms with Gasteiger partial charge in [-0.2, -0.15) is 0 Å². The third-order valence-corrected chi connectivity index (χ3v) is 2.86. The van der Waals surface area contributed by atoms with Gasteiger partial charge in [0.15, 0.2) is 0 Å². The van der Waals surface area contributed by atoms with Crippen LogP contribution < -0.4 is 5.73 Å². The van der Waals surface area contributed by atoms with E-state index >= 15 is 0 Å². The third kappa shape index (κ3) is 4.68. The maximum atomic E-state index is 5.53. The van der Waals surface area contributed by atoms with Crippen LogP contribution in [0.15, 0.2) is 24.4 Å². The Morgan fingerprint density at radius 2 is 2.31 bits per heavy atom. The molecule has 0 saturated carbocycles. The van der Waals surface area contributed by atoms with Crippen LogP contribution in [0.5, 0.6) is 0 Å². The Kier molecular flexibility index (Phi) is 5.35. The van der Waals surface area contributed by atoms with Crippen LogP contribution in [0.1, 0.15) is 19.0 Å². The van der Waals surface area contributed by atoms with Gasteiger partial charge in [-0.15, -0.1) is 0 Å². The second kappa shape index (κ2) is 6.55. The van der Waals surface area contributed by atoms with Crippen molar-refractivity contribution in [3.05, 3.63) is 30.1 Å². The molecule has 1 unspecified atom stereocenters. The summed E-state index contributed by atoms with van der Waals surface area (Å²) >= 11 is 4.91. The summed E-state index contributed by atoms with van der Waals surface area (Å²) in [6.07, 6.45) is 3.56. The molecule has 88 valence electrons. The van der Waals surface area contributed by atoms with Gasteiger partial charge in [-0.05, 0) is 26.1 Å². The molecule has 1 aromatic heterocycles. The molecule has 0 saturated heterocycles. The van der Waals surface area contributed by atoms with Crippen LogP contribution >= 0.6 is 12.2 Å². The minimum absolute atomic E-state index is 0.390. The molecule has 0 bridgehead atoms. The van der Waals surface area contributed by atoms with Crippen molar-refractivity contribution in [3.8, 4) is 0 Å². The number of hydrogen-bond acceptors (Lipinski definition) is 3. The van der Waals surface area contributed by atoms with Crippen molar-refractivity contribution in [1.82, 2.24) is 9.88 Å². The molecule has 16 heavy (non-hydrogen) atoms. The van der Waals surface area contributed by atoms with Crippen molar-refractivity contribution in [1.29, 1.82) is 0 Å². The van der Waals surface area contributed by atoms with Crippen LogP contribution in [0.3, 0.4) is 0 Å². The van der Waals surface area contributed by atoms with Crippen LogP contribution in [-0.2, 0) is 6.42 Å². The predicted molar refractivity (Wildman–Crippen MR) is 71.4 cm³/mol. The number of aromatic nitrogens is 1. The van der Waals surface area contributed by atoms with E-state index in [2.05, 4.69) is 23.9 Å². The third-order valence-electron chi connectivity index (χ3n) is 2.70. The summed E-state index contributed by atoms with van der Waals surface area (Å²) in [6.45, 7) is 3.11. The van der Waals surface area contributed by atoms with Gasteiger partial charge in [0.2, 0.25) is 0 Å². The molecule has 0 spiro atoms. The zero-order valence-corrected chi connectivity index (χ0v) is 10.7.